The number of carbonyl (C=O) groups is 5. The first kappa shape index (κ1) is 27.1. The van der Waals surface area contributed by atoms with Gasteiger partial charge in [0.1, 0.15) is 28.6 Å². The number of primary amides is 1. The molecule has 0 bridgehead atoms. The van der Waals surface area contributed by atoms with E-state index in [1.807, 2.05) is 0 Å². The highest BCUT2D eigenvalue weighted by Gasteiger charge is 2.64. The van der Waals surface area contributed by atoms with E-state index in [9.17, 15) is 44.4 Å². The van der Waals surface area contributed by atoms with E-state index >= 15 is 0 Å². The fourth-order valence-corrected chi connectivity index (χ4v) is 6.40. The van der Waals surface area contributed by atoms with Crippen molar-refractivity contribution in [2.75, 3.05) is 0 Å². The van der Waals surface area contributed by atoms with E-state index in [-0.39, 0.29) is 54.8 Å². The summed E-state index contributed by atoms with van der Waals surface area (Å²) in [5.41, 5.74) is 1.68. The number of hydrogen-bond donors (Lipinski definition) is 6. The fraction of sp³-hybridized carbons (Fsp3) is 0.444. The molecule has 0 unspecified atom stereocenters. The lowest BCUT2D eigenvalue weighted by molar-refractivity contribution is -0.155. The van der Waals surface area contributed by atoms with E-state index in [0.717, 1.165) is 0 Å². The number of carboxylic acids is 1. The molecule has 11 nitrogen and oxygen atoms in total. The Morgan fingerprint density at radius 2 is 1.74 bits per heavy atom. The highest BCUT2D eigenvalue weighted by molar-refractivity contribution is 6.23. The molecule has 0 radical (unpaired) electrons. The molecule has 1 saturated carbocycles. The minimum atomic E-state index is -2.81. The van der Waals surface area contributed by atoms with Crippen LogP contribution in [0.2, 0.25) is 0 Å². The zero-order valence-corrected chi connectivity index (χ0v) is 20.6. The van der Waals surface area contributed by atoms with Crippen molar-refractivity contribution in [1.29, 1.82) is 0 Å². The number of rotatable bonds is 8. The number of nitrogens with two attached hydrogens (primary N) is 1. The summed E-state index contributed by atoms with van der Waals surface area (Å²) in [6.07, 6.45) is -0.357. The number of fused-ring (bicyclic) bond motifs is 3. The number of carbonyl (C=O) groups excluding carboxylic acids is 4. The molecule has 202 valence electrons. The molecule has 3 aliphatic rings. The maximum Gasteiger partial charge on any atom is 0.303 e. The third-order valence-corrected chi connectivity index (χ3v) is 8.12. The van der Waals surface area contributed by atoms with Crippen LogP contribution in [-0.2, 0) is 24.0 Å². The summed E-state index contributed by atoms with van der Waals surface area (Å²) in [6, 6.07) is 4.52. The van der Waals surface area contributed by atoms with Crippen LogP contribution < -0.4 is 5.73 Å². The van der Waals surface area contributed by atoms with Crippen molar-refractivity contribution in [3.8, 4) is 5.75 Å². The number of phenols is 1. The largest absolute Gasteiger partial charge is 0.508 e. The van der Waals surface area contributed by atoms with Crippen molar-refractivity contribution in [2.24, 2.45) is 23.5 Å². The van der Waals surface area contributed by atoms with Gasteiger partial charge >= 0.3 is 5.97 Å². The van der Waals surface area contributed by atoms with Crippen molar-refractivity contribution < 1.29 is 49.5 Å². The molecule has 0 spiro atoms. The molecular formula is C27H29NO10. The predicted octanol–water partition coefficient (Wildman–Crippen LogP) is 1.82. The number of aliphatic carboxylic acids is 1. The summed E-state index contributed by atoms with van der Waals surface area (Å²) in [5.74, 6) is -10.5. The lowest BCUT2D eigenvalue weighted by Gasteiger charge is -2.52. The van der Waals surface area contributed by atoms with Gasteiger partial charge in [0.05, 0.1) is 5.56 Å². The van der Waals surface area contributed by atoms with Gasteiger partial charge in [0.25, 0.3) is 5.91 Å². The van der Waals surface area contributed by atoms with Gasteiger partial charge in [-0.2, -0.15) is 0 Å². The van der Waals surface area contributed by atoms with Gasteiger partial charge in [-0.1, -0.05) is 19.1 Å². The number of aliphatic hydroxyl groups is 3. The zero-order valence-electron chi connectivity index (χ0n) is 20.6. The highest BCUT2D eigenvalue weighted by Crippen LogP contribution is 2.58. The molecule has 0 aromatic heterocycles. The number of aromatic hydroxyl groups is 1. The Kier molecular flexibility index (Phi) is 6.92. The van der Waals surface area contributed by atoms with Crippen LogP contribution in [0, 0.1) is 17.8 Å². The number of ketones is 3. The van der Waals surface area contributed by atoms with Gasteiger partial charge in [-0.3, -0.25) is 24.0 Å². The Labute approximate surface area is 217 Å². The number of aliphatic hydroxyl groups excluding tert-OH is 2. The van der Waals surface area contributed by atoms with E-state index in [0.29, 0.717) is 5.56 Å². The third kappa shape index (κ3) is 4.07. The van der Waals surface area contributed by atoms with Gasteiger partial charge in [0, 0.05) is 43.1 Å². The molecule has 5 atom stereocenters. The Bertz CT molecular complexity index is 1320. The first-order valence-corrected chi connectivity index (χ1v) is 12.3. The molecule has 11 heteroatoms. The number of hydrogen-bond acceptors (Lipinski definition) is 9. The number of carboxylic acid groups (broad SMARTS) is 1. The molecular weight excluding hydrogens is 498 g/mol. The molecule has 38 heavy (non-hydrogen) atoms. The van der Waals surface area contributed by atoms with Crippen molar-refractivity contribution >= 4 is 35.0 Å². The quantitative estimate of drug-likeness (QED) is 0.213. The summed E-state index contributed by atoms with van der Waals surface area (Å²) in [5, 5.41) is 53.1. The Hall–Kier alpha value is -3.99. The fourth-order valence-electron chi connectivity index (χ4n) is 6.40. The Morgan fingerprint density at radius 3 is 2.37 bits per heavy atom. The summed E-state index contributed by atoms with van der Waals surface area (Å²) in [7, 11) is 0. The van der Waals surface area contributed by atoms with E-state index in [1.54, 1.807) is 19.1 Å². The standard InChI is InChI=1S/C27H29NO10/c1-11-13-6-4-7-16(30)20(13)23(34)22-19(11)14(9-12(29)5-2-3-8-18(32)33)15-10-17(31)21(26(28)37)24(35)27(15,38)25(22)36/h4,6-7,11,14-15,19,30,34-35,38H,2-3,5,8-10H2,1H3,(H2,28,37)(H,32,33)/t11-,14-,15-,19+,27-/m1/s1. The van der Waals surface area contributed by atoms with Gasteiger partial charge in [-0.25, -0.2) is 0 Å². The molecule has 0 saturated heterocycles. The summed E-state index contributed by atoms with van der Waals surface area (Å²) in [4.78, 5) is 62.4. The Balaban J connectivity index is 1.86. The van der Waals surface area contributed by atoms with E-state index in [1.165, 1.54) is 6.07 Å². The number of phenolic OH excluding ortho intramolecular Hbond substituents is 1. The Morgan fingerprint density at radius 1 is 1.08 bits per heavy atom. The molecule has 1 aromatic rings. The smallest absolute Gasteiger partial charge is 0.303 e. The van der Waals surface area contributed by atoms with Crippen LogP contribution in [0.3, 0.4) is 0 Å². The van der Waals surface area contributed by atoms with Crippen LogP contribution in [-0.4, -0.2) is 60.4 Å². The summed E-state index contributed by atoms with van der Waals surface area (Å²) in [6.45, 7) is 1.73. The van der Waals surface area contributed by atoms with Crippen molar-refractivity contribution in [3.05, 3.63) is 46.2 Å². The lowest BCUT2D eigenvalue weighted by Crippen LogP contribution is -2.62. The SMILES string of the molecule is C[C@@H]1c2cccc(O)c2C(O)=C2C(=O)[C@]3(O)C(O)=C(C(N)=O)C(=O)C[C@@H]3[C@@H](CC(=O)CCCCC(=O)O)[C@@H]21. The number of Topliss-reactive ketones (excluding diaryl/α,β-unsaturated/α-hetero) is 3. The lowest BCUT2D eigenvalue weighted by atomic mass is 9.51. The maximum absolute atomic E-state index is 13.8. The molecule has 4 rings (SSSR count). The van der Waals surface area contributed by atoms with Gasteiger partial charge in [-0.15, -0.1) is 0 Å². The van der Waals surface area contributed by atoms with E-state index in [2.05, 4.69) is 0 Å². The second kappa shape index (κ2) is 9.71. The number of benzene rings is 1. The molecule has 1 aromatic carbocycles. The molecule has 3 aliphatic carbocycles. The number of unbranched alkanes of at least 4 members (excludes halogenated alkanes) is 1. The molecule has 7 N–H and O–H groups in total. The molecule has 1 fully saturated rings. The van der Waals surface area contributed by atoms with Gasteiger partial charge < -0.3 is 31.3 Å². The zero-order chi connectivity index (χ0) is 28.1. The predicted molar refractivity (Wildman–Crippen MR) is 131 cm³/mol. The molecule has 1 amide bonds. The average Bonchev–Trinajstić information content (AvgIpc) is 2.83. The van der Waals surface area contributed by atoms with Gasteiger partial charge in [0.15, 0.2) is 11.4 Å². The third-order valence-electron chi connectivity index (χ3n) is 8.12. The summed E-state index contributed by atoms with van der Waals surface area (Å²) < 4.78 is 0. The maximum atomic E-state index is 13.8. The van der Waals surface area contributed by atoms with Gasteiger partial charge in [0.2, 0.25) is 5.78 Å². The summed E-state index contributed by atoms with van der Waals surface area (Å²) >= 11 is 0. The molecule has 0 aliphatic heterocycles. The molecule has 0 heterocycles. The normalized spacial score (nSPS) is 28.5. The van der Waals surface area contributed by atoms with Crippen LogP contribution in [0.25, 0.3) is 5.76 Å². The minimum absolute atomic E-state index is 0.00862. The van der Waals surface area contributed by atoms with Crippen LogP contribution >= 0.6 is 0 Å². The van der Waals surface area contributed by atoms with Crippen molar-refractivity contribution in [3.63, 3.8) is 0 Å². The van der Waals surface area contributed by atoms with Crippen LogP contribution in [0.1, 0.15) is 62.5 Å². The second-order valence-corrected chi connectivity index (χ2v) is 10.2. The van der Waals surface area contributed by atoms with Crippen molar-refractivity contribution in [2.45, 2.75) is 57.0 Å². The second-order valence-electron chi connectivity index (χ2n) is 10.2. The number of amides is 1. The van der Waals surface area contributed by atoms with Gasteiger partial charge in [-0.05, 0) is 36.3 Å². The monoisotopic (exact) mass is 527 g/mol. The van der Waals surface area contributed by atoms with Crippen LogP contribution in [0.5, 0.6) is 5.75 Å². The van der Waals surface area contributed by atoms with Crippen LogP contribution in [0.15, 0.2) is 35.1 Å². The van der Waals surface area contributed by atoms with E-state index in [4.69, 9.17) is 10.8 Å². The topological polar surface area (TPSA) is 213 Å². The van der Waals surface area contributed by atoms with E-state index < -0.39 is 76.2 Å². The first-order valence-electron chi connectivity index (χ1n) is 12.3. The highest BCUT2D eigenvalue weighted by atomic mass is 16.4. The van der Waals surface area contributed by atoms with Crippen molar-refractivity contribution in [1.82, 2.24) is 0 Å². The van der Waals surface area contributed by atoms with Crippen LogP contribution in [0.4, 0.5) is 0 Å². The minimum Gasteiger partial charge on any atom is -0.508 e. The average molecular weight is 528 g/mol. The first-order chi connectivity index (χ1) is 17.8.